The van der Waals surface area contributed by atoms with E-state index in [4.69, 9.17) is 9.47 Å². The predicted octanol–water partition coefficient (Wildman–Crippen LogP) is 4.16. The molecule has 0 amide bonds. The Labute approximate surface area is 206 Å². The maximum absolute atomic E-state index is 14.0. The monoisotopic (exact) mass is 501 g/mol. The second-order valence-electron chi connectivity index (χ2n) is 11.8. The minimum Gasteiger partial charge on any atom is -0.744 e. The Morgan fingerprint density at radius 1 is 0.857 bits per heavy atom. The van der Waals surface area contributed by atoms with Crippen molar-refractivity contribution in [3.8, 4) is 5.75 Å². The molecule has 1 aromatic rings. The molecule has 6 aliphatic rings. The van der Waals surface area contributed by atoms with E-state index in [1.165, 1.54) is 6.92 Å². The first-order chi connectivity index (χ1) is 16.6. The average molecular weight is 502 g/mol. The van der Waals surface area contributed by atoms with Crippen LogP contribution in [0.25, 0.3) is 0 Å². The third kappa shape index (κ3) is 3.82. The van der Waals surface area contributed by atoms with Crippen LogP contribution in [0.2, 0.25) is 0 Å². The van der Waals surface area contributed by atoms with Gasteiger partial charge in [0.05, 0.1) is 10.3 Å². The van der Waals surface area contributed by atoms with Crippen molar-refractivity contribution in [1.82, 2.24) is 0 Å². The van der Waals surface area contributed by atoms with Crippen LogP contribution >= 0.6 is 0 Å². The van der Waals surface area contributed by atoms with Gasteiger partial charge in [0.1, 0.15) is 21.5 Å². The zero-order chi connectivity index (χ0) is 24.6. The van der Waals surface area contributed by atoms with E-state index in [0.29, 0.717) is 60.8 Å². The molecule has 0 N–H and O–H groups in total. The molecule has 1 aromatic carbocycles. The molecule has 4 bridgehead atoms. The first-order valence-corrected chi connectivity index (χ1v) is 14.6. The highest BCUT2D eigenvalue weighted by Gasteiger charge is 2.63. The van der Waals surface area contributed by atoms with Crippen LogP contribution in [0.15, 0.2) is 4.90 Å². The largest absolute Gasteiger partial charge is 0.744 e. The van der Waals surface area contributed by atoms with Gasteiger partial charge in [0.15, 0.2) is 0 Å². The number of carbonyl (C=O) groups is 2. The van der Waals surface area contributed by atoms with Crippen LogP contribution in [0.4, 0.5) is 0 Å². The first kappa shape index (κ1) is 23.5. The predicted molar refractivity (Wildman–Crippen MR) is 125 cm³/mol. The van der Waals surface area contributed by atoms with E-state index in [1.807, 2.05) is 0 Å². The van der Waals surface area contributed by atoms with Gasteiger partial charge in [0.25, 0.3) is 0 Å². The summed E-state index contributed by atoms with van der Waals surface area (Å²) in [7, 11) is -4.63. The Bertz CT molecular complexity index is 1160. The summed E-state index contributed by atoms with van der Waals surface area (Å²) >= 11 is 0. The van der Waals surface area contributed by atoms with E-state index >= 15 is 0 Å². The maximum Gasteiger partial charge on any atom is 0.317 e. The summed E-state index contributed by atoms with van der Waals surface area (Å²) in [5.74, 6) is 0.663. The van der Waals surface area contributed by atoms with Gasteiger partial charge in [-0.05, 0) is 118 Å². The number of esters is 2. The Balaban J connectivity index is 1.42. The average Bonchev–Trinajstić information content (AvgIpc) is 2.76. The van der Waals surface area contributed by atoms with Gasteiger partial charge in [-0.25, -0.2) is 8.42 Å². The summed E-state index contributed by atoms with van der Waals surface area (Å²) in [6.45, 7) is 1.44. The fourth-order valence-electron chi connectivity index (χ4n) is 8.64. The van der Waals surface area contributed by atoms with Crippen LogP contribution in [-0.2, 0) is 50.1 Å². The van der Waals surface area contributed by atoms with E-state index in [9.17, 15) is 22.6 Å². The summed E-state index contributed by atoms with van der Waals surface area (Å²) in [5.41, 5.74) is 1.41. The second-order valence-corrected chi connectivity index (χ2v) is 13.2. The maximum atomic E-state index is 14.0. The molecule has 0 spiro atoms. The molecule has 7 rings (SSSR count). The standard InChI is InChI=1S/C27H34O7S/c1-16(28)34-27-13-17-10-18(14-27)12-26(11-17,15-27)25(29)33-23-19-6-2-4-8-21(19)24(35(30,31)32)22-9-5-3-7-20(22)23/h17-18H,2-15H2,1H3,(H,30,31,32)/p-1. The highest BCUT2D eigenvalue weighted by Crippen LogP contribution is 2.63. The van der Waals surface area contributed by atoms with Crippen molar-refractivity contribution >= 4 is 22.1 Å². The number of fused-ring (bicyclic) bond motifs is 2. The van der Waals surface area contributed by atoms with Crippen LogP contribution in [-0.4, -0.2) is 30.5 Å². The Morgan fingerprint density at radius 3 is 1.86 bits per heavy atom. The van der Waals surface area contributed by atoms with Gasteiger partial charge in [-0.1, -0.05) is 0 Å². The van der Waals surface area contributed by atoms with Crippen molar-refractivity contribution in [1.29, 1.82) is 0 Å². The van der Waals surface area contributed by atoms with Crippen molar-refractivity contribution in [3.63, 3.8) is 0 Å². The summed E-state index contributed by atoms with van der Waals surface area (Å²) in [6.07, 6.45) is 10.4. The van der Waals surface area contributed by atoms with Gasteiger partial charge in [-0.3, -0.25) is 9.59 Å². The summed E-state index contributed by atoms with van der Waals surface area (Å²) in [6, 6.07) is 0. The molecule has 6 aliphatic carbocycles. The van der Waals surface area contributed by atoms with Crippen molar-refractivity contribution in [3.05, 3.63) is 22.3 Å². The number of carbonyl (C=O) groups excluding carboxylic acids is 2. The fraction of sp³-hybridized carbons (Fsp3) is 0.704. The molecule has 35 heavy (non-hydrogen) atoms. The van der Waals surface area contributed by atoms with Crippen LogP contribution in [0.5, 0.6) is 5.75 Å². The fourth-order valence-corrected chi connectivity index (χ4v) is 9.70. The zero-order valence-electron chi connectivity index (χ0n) is 20.3. The Morgan fingerprint density at radius 2 is 1.37 bits per heavy atom. The van der Waals surface area contributed by atoms with Crippen LogP contribution < -0.4 is 4.74 Å². The Kier molecular flexibility index (Phi) is 5.39. The van der Waals surface area contributed by atoms with Crippen LogP contribution in [0.3, 0.4) is 0 Å². The first-order valence-electron chi connectivity index (χ1n) is 13.2. The SMILES string of the molecule is CC(=O)OC12CC3CC(C1)CC(C(=O)Oc1c4c(c(S(=O)(=O)[O-])c5c1CCCC5)CCCC4)(C3)C2. The molecule has 0 aliphatic heterocycles. The quantitative estimate of drug-likeness (QED) is 0.346. The number of rotatable bonds is 4. The lowest BCUT2D eigenvalue weighted by Gasteiger charge is -2.59. The topological polar surface area (TPSA) is 110 Å². The van der Waals surface area contributed by atoms with E-state index < -0.39 is 21.1 Å². The number of ether oxygens (including phenoxy) is 2. The smallest absolute Gasteiger partial charge is 0.317 e. The van der Waals surface area contributed by atoms with Crippen molar-refractivity contribution in [2.75, 3.05) is 0 Å². The highest BCUT2D eigenvalue weighted by molar-refractivity contribution is 7.85. The zero-order valence-corrected chi connectivity index (χ0v) is 21.1. The van der Waals surface area contributed by atoms with E-state index in [1.54, 1.807) is 0 Å². The molecule has 0 saturated heterocycles. The van der Waals surface area contributed by atoms with Gasteiger partial charge in [0, 0.05) is 13.3 Å². The summed E-state index contributed by atoms with van der Waals surface area (Å²) in [4.78, 5) is 25.9. The normalized spacial score (nSPS) is 33.1. The van der Waals surface area contributed by atoms with Gasteiger partial charge < -0.3 is 14.0 Å². The molecule has 4 saturated carbocycles. The summed E-state index contributed by atoms with van der Waals surface area (Å²) in [5, 5.41) is 0. The highest BCUT2D eigenvalue weighted by atomic mass is 32.2. The van der Waals surface area contributed by atoms with E-state index in [0.717, 1.165) is 68.9 Å². The molecule has 2 atom stereocenters. The molecule has 0 aromatic heterocycles. The van der Waals surface area contributed by atoms with Crippen LogP contribution in [0, 0.1) is 17.3 Å². The lowest BCUT2D eigenvalue weighted by Crippen LogP contribution is -2.60. The minimum atomic E-state index is -4.63. The number of hydrogen-bond donors (Lipinski definition) is 0. The Hall–Kier alpha value is -1.93. The molecule has 0 radical (unpaired) electrons. The minimum absolute atomic E-state index is 0.0367. The van der Waals surface area contributed by atoms with Crippen molar-refractivity contribution < 1.29 is 32.0 Å². The molecule has 0 heterocycles. The summed E-state index contributed by atoms with van der Waals surface area (Å²) < 4.78 is 49.3. The van der Waals surface area contributed by atoms with E-state index in [2.05, 4.69) is 0 Å². The lowest BCUT2D eigenvalue weighted by atomic mass is 9.48. The van der Waals surface area contributed by atoms with Gasteiger partial charge in [-0.15, -0.1) is 0 Å². The molecule has 2 unspecified atom stereocenters. The van der Waals surface area contributed by atoms with Gasteiger partial charge in [-0.2, -0.15) is 0 Å². The molecule has 8 heteroatoms. The van der Waals surface area contributed by atoms with Gasteiger partial charge in [0.2, 0.25) is 0 Å². The molecular weight excluding hydrogens is 468 g/mol. The molecule has 190 valence electrons. The number of benzene rings is 1. The molecular formula is C27H33O7S-. The van der Waals surface area contributed by atoms with Crippen molar-refractivity contribution in [2.24, 2.45) is 17.3 Å². The third-order valence-corrected chi connectivity index (χ3v) is 10.3. The third-order valence-electron chi connectivity index (χ3n) is 9.28. The van der Waals surface area contributed by atoms with Gasteiger partial charge >= 0.3 is 11.9 Å². The van der Waals surface area contributed by atoms with E-state index in [-0.39, 0.29) is 16.8 Å². The molecule has 7 nitrogen and oxygen atoms in total. The van der Waals surface area contributed by atoms with Crippen LogP contribution in [0.1, 0.15) is 93.4 Å². The lowest BCUT2D eigenvalue weighted by molar-refractivity contribution is -0.207. The second kappa shape index (κ2) is 8.04. The number of hydrogen-bond acceptors (Lipinski definition) is 7. The van der Waals surface area contributed by atoms with Crippen molar-refractivity contribution in [2.45, 2.75) is 107 Å². The molecule has 4 fully saturated rings.